The normalized spacial score (nSPS) is 10.7. The van der Waals surface area contributed by atoms with Gasteiger partial charge in [0, 0.05) is 25.0 Å². The first-order chi connectivity index (χ1) is 13.6. The maximum atomic E-state index is 12.2. The smallest absolute Gasteiger partial charge is 0.272 e. The zero-order chi connectivity index (χ0) is 19.9. The Balaban J connectivity index is 1.72. The average Bonchev–Trinajstić information content (AvgIpc) is 3.14. The number of carbonyl (C=O) groups is 1. The zero-order valence-electron chi connectivity index (χ0n) is 16.3. The maximum Gasteiger partial charge on any atom is 0.272 e. The fourth-order valence-electron chi connectivity index (χ4n) is 2.74. The summed E-state index contributed by atoms with van der Waals surface area (Å²) in [5.41, 5.74) is 9.20. The van der Waals surface area contributed by atoms with Crippen LogP contribution in [0.4, 0.5) is 11.5 Å². The molecule has 3 N–H and O–H groups in total. The highest BCUT2D eigenvalue weighted by atomic mass is 16.2. The van der Waals surface area contributed by atoms with E-state index in [1.54, 1.807) is 0 Å². The van der Waals surface area contributed by atoms with Crippen LogP contribution in [0, 0.1) is 0 Å². The highest BCUT2D eigenvalue weighted by Gasteiger charge is 2.13. The summed E-state index contributed by atoms with van der Waals surface area (Å²) in [5, 5.41) is 7.97. The predicted molar refractivity (Wildman–Crippen MR) is 109 cm³/mol. The molecule has 146 valence electrons. The second kappa shape index (κ2) is 8.98. The third-order valence-electron chi connectivity index (χ3n) is 4.34. The molecule has 0 fully saturated rings. The Labute approximate surface area is 164 Å². The highest BCUT2D eigenvalue weighted by molar-refractivity contribution is 5.94. The number of nitrogens with one attached hydrogen (secondary N) is 3. The van der Waals surface area contributed by atoms with Gasteiger partial charge in [0.25, 0.3) is 5.91 Å². The van der Waals surface area contributed by atoms with E-state index < -0.39 is 0 Å². The summed E-state index contributed by atoms with van der Waals surface area (Å²) in [6, 6.07) is 8.51. The standard InChI is InChI=1S/C20H25N7O/c1-4-15-7-5-6-8-16(15)11-23-19-18(12-27(26-19)14(2)3)24-25-20(28)17-9-21-13-22-10-17/h5-10,12-14,24H,4,11H2,1-3H3,(H,23,26)(H,25,28). The molecule has 0 aliphatic carbocycles. The number of aryl methyl sites for hydroxylation is 1. The Morgan fingerprint density at radius 1 is 1.14 bits per heavy atom. The van der Waals surface area contributed by atoms with Crippen LogP contribution in [0.15, 0.2) is 49.2 Å². The van der Waals surface area contributed by atoms with Crippen LogP contribution >= 0.6 is 0 Å². The SMILES string of the molecule is CCc1ccccc1CNc1nn(C(C)C)cc1NNC(=O)c1cncnc1. The van der Waals surface area contributed by atoms with Gasteiger partial charge in [0.1, 0.15) is 12.0 Å². The van der Waals surface area contributed by atoms with Crippen molar-refractivity contribution in [1.82, 2.24) is 25.2 Å². The molecule has 0 saturated heterocycles. The summed E-state index contributed by atoms with van der Waals surface area (Å²) in [4.78, 5) is 19.9. The van der Waals surface area contributed by atoms with Gasteiger partial charge in [-0.15, -0.1) is 0 Å². The fraction of sp³-hybridized carbons (Fsp3) is 0.300. The number of carbonyl (C=O) groups excluding carboxylic acids is 1. The van der Waals surface area contributed by atoms with Crippen molar-refractivity contribution in [3.63, 3.8) is 0 Å². The van der Waals surface area contributed by atoms with Crippen molar-refractivity contribution in [3.05, 3.63) is 65.9 Å². The lowest BCUT2D eigenvalue weighted by molar-refractivity contribution is 0.0962. The van der Waals surface area contributed by atoms with Gasteiger partial charge in [-0.3, -0.25) is 20.3 Å². The van der Waals surface area contributed by atoms with Gasteiger partial charge < -0.3 is 5.32 Å². The Morgan fingerprint density at radius 3 is 2.54 bits per heavy atom. The number of rotatable bonds is 8. The molecule has 1 amide bonds. The van der Waals surface area contributed by atoms with Crippen LogP contribution in [0.25, 0.3) is 0 Å². The summed E-state index contributed by atoms with van der Waals surface area (Å²) in [6.07, 6.45) is 7.14. The van der Waals surface area contributed by atoms with Crippen LogP contribution < -0.4 is 16.2 Å². The Hall–Kier alpha value is -3.42. The lowest BCUT2D eigenvalue weighted by Crippen LogP contribution is -2.29. The van der Waals surface area contributed by atoms with Crippen LogP contribution in [-0.4, -0.2) is 25.7 Å². The fourth-order valence-corrected chi connectivity index (χ4v) is 2.74. The van der Waals surface area contributed by atoms with Gasteiger partial charge in [0.05, 0.1) is 11.8 Å². The van der Waals surface area contributed by atoms with E-state index in [9.17, 15) is 4.79 Å². The molecule has 0 atom stereocenters. The average molecular weight is 379 g/mol. The molecule has 8 heteroatoms. The van der Waals surface area contributed by atoms with Crippen LogP contribution in [-0.2, 0) is 13.0 Å². The molecule has 0 spiro atoms. The van der Waals surface area contributed by atoms with Crippen molar-refractivity contribution >= 4 is 17.4 Å². The molecule has 0 saturated carbocycles. The van der Waals surface area contributed by atoms with E-state index in [-0.39, 0.29) is 11.9 Å². The van der Waals surface area contributed by atoms with E-state index in [4.69, 9.17) is 0 Å². The van der Waals surface area contributed by atoms with Crippen molar-refractivity contribution in [1.29, 1.82) is 0 Å². The quantitative estimate of drug-likeness (QED) is 0.520. The monoisotopic (exact) mass is 379 g/mol. The van der Waals surface area contributed by atoms with Gasteiger partial charge in [-0.2, -0.15) is 5.10 Å². The summed E-state index contributed by atoms with van der Waals surface area (Å²) >= 11 is 0. The molecule has 0 aliphatic rings. The summed E-state index contributed by atoms with van der Waals surface area (Å²) in [6.45, 7) is 6.88. The first-order valence-corrected chi connectivity index (χ1v) is 9.29. The minimum atomic E-state index is -0.319. The minimum absolute atomic E-state index is 0.192. The third-order valence-corrected chi connectivity index (χ3v) is 4.34. The molecule has 0 bridgehead atoms. The van der Waals surface area contributed by atoms with Crippen LogP contribution in [0.3, 0.4) is 0 Å². The van der Waals surface area contributed by atoms with Crippen molar-refractivity contribution in [2.45, 2.75) is 39.8 Å². The van der Waals surface area contributed by atoms with E-state index in [0.29, 0.717) is 23.6 Å². The van der Waals surface area contributed by atoms with Gasteiger partial charge in [-0.1, -0.05) is 31.2 Å². The lowest BCUT2D eigenvalue weighted by Gasteiger charge is -2.11. The van der Waals surface area contributed by atoms with E-state index in [1.165, 1.54) is 29.8 Å². The number of hydrazine groups is 1. The topological polar surface area (TPSA) is 96.8 Å². The first-order valence-electron chi connectivity index (χ1n) is 9.29. The van der Waals surface area contributed by atoms with Crippen LogP contribution in [0.5, 0.6) is 0 Å². The largest absolute Gasteiger partial charge is 0.363 e. The van der Waals surface area contributed by atoms with Gasteiger partial charge in [0.15, 0.2) is 5.82 Å². The number of hydrogen-bond acceptors (Lipinski definition) is 6. The minimum Gasteiger partial charge on any atom is -0.363 e. The Bertz CT molecular complexity index is 921. The number of amides is 1. The Kier molecular flexibility index (Phi) is 6.21. The van der Waals surface area contributed by atoms with E-state index >= 15 is 0 Å². The second-order valence-corrected chi connectivity index (χ2v) is 6.65. The van der Waals surface area contributed by atoms with Crippen LogP contribution in [0.1, 0.15) is 48.3 Å². The molecular formula is C20H25N7O. The molecule has 0 unspecified atom stereocenters. The van der Waals surface area contributed by atoms with Gasteiger partial charge in [-0.05, 0) is 31.4 Å². The maximum absolute atomic E-state index is 12.2. The van der Waals surface area contributed by atoms with E-state index in [2.05, 4.69) is 50.3 Å². The highest BCUT2D eigenvalue weighted by Crippen LogP contribution is 2.22. The number of hydrogen-bond donors (Lipinski definition) is 3. The lowest BCUT2D eigenvalue weighted by atomic mass is 10.1. The molecule has 1 aromatic carbocycles. The van der Waals surface area contributed by atoms with Crippen molar-refractivity contribution in [2.75, 3.05) is 10.7 Å². The van der Waals surface area contributed by atoms with Crippen molar-refractivity contribution in [3.8, 4) is 0 Å². The molecule has 3 rings (SSSR count). The van der Waals surface area contributed by atoms with Gasteiger partial charge in [0.2, 0.25) is 0 Å². The number of aromatic nitrogens is 4. The molecule has 3 aromatic rings. The molecule has 2 aromatic heterocycles. The van der Waals surface area contributed by atoms with Crippen molar-refractivity contribution < 1.29 is 4.79 Å². The Morgan fingerprint density at radius 2 is 1.86 bits per heavy atom. The first kappa shape index (κ1) is 19.3. The zero-order valence-corrected chi connectivity index (χ0v) is 16.3. The second-order valence-electron chi connectivity index (χ2n) is 6.65. The van der Waals surface area contributed by atoms with E-state index in [0.717, 1.165) is 6.42 Å². The summed E-state index contributed by atoms with van der Waals surface area (Å²) < 4.78 is 1.84. The van der Waals surface area contributed by atoms with Crippen LogP contribution in [0.2, 0.25) is 0 Å². The van der Waals surface area contributed by atoms with Gasteiger partial charge in [-0.25, -0.2) is 9.97 Å². The van der Waals surface area contributed by atoms with E-state index in [1.807, 2.05) is 36.9 Å². The number of anilines is 2. The molecular weight excluding hydrogens is 354 g/mol. The summed E-state index contributed by atoms with van der Waals surface area (Å²) in [5.74, 6) is 0.351. The predicted octanol–water partition coefficient (Wildman–Crippen LogP) is 3.19. The van der Waals surface area contributed by atoms with Gasteiger partial charge >= 0.3 is 0 Å². The molecule has 28 heavy (non-hydrogen) atoms. The third kappa shape index (κ3) is 4.64. The summed E-state index contributed by atoms with van der Waals surface area (Å²) in [7, 11) is 0. The molecule has 2 heterocycles. The van der Waals surface area contributed by atoms with Crippen molar-refractivity contribution in [2.24, 2.45) is 0 Å². The molecule has 8 nitrogen and oxygen atoms in total. The number of nitrogens with zero attached hydrogens (tertiary/aromatic N) is 4. The number of benzene rings is 1. The molecule has 0 radical (unpaired) electrons. The molecule has 0 aliphatic heterocycles.